The van der Waals surface area contributed by atoms with Crippen molar-refractivity contribution in [3.8, 4) is 11.6 Å². The molecule has 1 aromatic carbocycles. The summed E-state index contributed by atoms with van der Waals surface area (Å²) < 4.78 is 26.2. The van der Waals surface area contributed by atoms with Crippen LogP contribution in [-0.2, 0) is 17.9 Å². The van der Waals surface area contributed by atoms with Gasteiger partial charge in [0.25, 0.3) is 5.89 Å². The number of hydrogen-bond acceptors (Lipinski definition) is 5. The third-order valence-electron chi connectivity index (χ3n) is 4.48. The number of benzene rings is 1. The van der Waals surface area contributed by atoms with Crippen LogP contribution in [0.1, 0.15) is 41.9 Å². The van der Waals surface area contributed by atoms with E-state index in [0.29, 0.717) is 30.7 Å². The predicted molar refractivity (Wildman–Crippen MR) is 81.4 cm³/mol. The van der Waals surface area contributed by atoms with Gasteiger partial charge in [-0.3, -0.25) is 4.68 Å². The van der Waals surface area contributed by atoms with Crippen LogP contribution in [-0.4, -0.2) is 19.9 Å². The molecule has 5 rings (SSSR count). The van der Waals surface area contributed by atoms with Crippen LogP contribution in [0.5, 0.6) is 0 Å². The molecule has 1 aliphatic heterocycles. The van der Waals surface area contributed by atoms with Crippen molar-refractivity contribution in [2.24, 2.45) is 0 Å². The number of rotatable bonds is 3. The smallest absolute Gasteiger partial charge is 0.278 e. The summed E-state index contributed by atoms with van der Waals surface area (Å²) in [5, 5.41) is 8.60. The highest BCUT2D eigenvalue weighted by Gasteiger charge is 2.30. The quantitative estimate of drug-likeness (QED) is 0.739. The van der Waals surface area contributed by atoms with Crippen LogP contribution in [0.4, 0.5) is 4.39 Å². The number of ether oxygens (including phenoxy) is 1. The summed E-state index contributed by atoms with van der Waals surface area (Å²) in [6.07, 6.45) is 2.12. The molecule has 2 aromatic heterocycles. The molecule has 1 aliphatic carbocycles. The Kier molecular flexibility index (Phi) is 3.02. The van der Waals surface area contributed by atoms with Gasteiger partial charge in [-0.2, -0.15) is 10.1 Å². The first kappa shape index (κ1) is 13.9. The van der Waals surface area contributed by atoms with Gasteiger partial charge in [0.05, 0.1) is 18.8 Å². The van der Waals surface area contributed by atoms with Gasteiger partial charge in [0, 0.05) is 5.92 Å². The zero-order valence-electron chi connectivity index (χ0n) is 12.9. The molecule has 2 aliphatic rings. The molecule has 0 N–H and O–H groups in total. The Labute approximate surface area is 137 Å². The fourth-order valence-electron chi connectivity index (χ4n) is 2.96. The Balaban J connectivity index is 1.40. The van der Waals surface area contributed by atoms with Crippen molar-refractivity contribution in [3.05, 3.63) is 53.2 Å². The van der Waals surface area contributed by atoms with E-state index in [-0.39, 0.29) is 11.9 Å². The van der Waals surface area contributed by atoms with Crippen molar-refractivity contribution in [3.63, 3.8) is 0 Å². The second-order valence-corrected chi connectivity index (χ2v) is 6.29. The first-order valence-electron chi connectivity index (χ1n) is 8.04. The maximum absolute atomic E-state index is 13.1. The molecule has 0 unspecified atom stereocenters. The average Bonchev–Trinajstić information content (AvgIpc) is 3.18. The Bertz CT molecular complexity index is 882. The zero-order valence-corrected chi connectivity index (χ0v) is 12.9. The van der Waals surface area contributed by atoms with E-state index in [1.807, 2.05) is 10.7 Å². The lowest BCUT2D eigenvalue weighted by atomic mass is 10.1. The third kappa shape index (κ3) is 2.41. The van der Waals surface area contributed by atoms with Gasteiger partial charge in [0.15, 0.2) is 11.5 Å². The molecule has 1 saturated carbocycles. The summed E-state index contributed by atoms with van der Waals surface area (Å²) in [6.45, 7) is 1.02. The van der Waals surface area contributed by atoms with E-state index in [2.05, 4.69) is 15.2 Å². The Morgan fingerprint density at radius 1 is 1.17 bits per heavy atom. The SMILES string of the molecule is Fc1ccc([C@H]2Cn3nc(-c4nc(C5CC5)no4)cc3CO2)cc1. The second kappa shape index (κ2) is 5.24. The van der Waals surface area contributed by atoms with E-state index in [0.717, 1.165) is 29.9 Å². The van der Waals surface area contributed by atoms with Gasteiger partial charge >= 0.3 is 0 Å². The van der Waals surface area contributed by atoms with Crippen LogP contribution in [0, 0.1) is 5.82 Å². The number of aromatic nitrogens is 4. The highest BCUT2D eigenvalue weighted by Crippen LogP contribution is 2.39. The van der Waals surface area contributed by atoms with Crippen LogP contribution >= 0.6 is 0 Å². The maximum Gasteiger partial charge on any atom is 0.278 e. The molecule has 0 saturated heterocycles. The van der Waals surface area contributed by atoms with Gasteiger partial charge < -0.3 is 9.26 Å². The first-order valence-corrected chi connectivity index (χ1v) is 8.04. The van der Waals surface area contributed by atoms with Crippen LogP contribution in [0.3, 0.4) is 0 Å². The lowest BCUT2D eigenvalue weighted by Gasteiger charge is -2.24. The lowest BCUT2D eigenvalue weighted by Crippen LogP contribution is -2.21. The number of nitrogens with zero attached hydrogens (tertiary/aromatic N) is 4. The number of halogens is 1. The van der Waals surface area contributed by atoms with Crippen molar-refractivity contribution >= 4 is 0 Å². The van der Waals surface area contributed by atoms with Gasteiger partial charge in [-0.15, -0.1) is 0 Å². The molecule has 0 bridgehead atoms. The average molecular weight is 326 g/mol. The molecule has 3 aromatic rings. The normalized spacial score (nSPS) is 20.1. The summed E-state index contributed by atoms with van der Waals surface area (Å²) in [5.41, 5.74) is 2.58. The highest BCUT2D eigenvalue weighted by atomic mass is 19.1. The van der Waals surface area contributed by atoms with Gasteiger partial charge in [-0.05, 0) is 36.6 Å². The summed E-state index contributed by atoms with van der Waals surface area (Å²) >= 11 is 0. The monoisotopic (exact) mass is 326 g/mol. The van der Waals surface area contributed by atoms with E-state index in [1.165, 1.54) is 12.1 Å². The van der Waals surface area contributed by atoms with Crippen molar-refractivity contribution in [2.45, 2.75) is 38.0 Å². The van der Waals surface area contributed by atoms with Crippen molar-refractivity contribution in [2.75, 3.05) is 0 Å². The van der Waals surface area contributed by atoms with Crippen molar-refractivity contribution in [1.29, 1.82) is 0 Å². The van der Waals surface area contributed by atoms with E-state index >= 15 is 0 Å². The molecule has 24 heavy (non-hydrogen) atoms. The summed E-state index contributed by atoms with van der Waals surface area (Å²) in [7, 11) is 0. The standard InChI is InChI=1S/C17H15FN4O2/c18-12-5-3-10(4-6-12)15-8-22-13(9-23-15)7-14(20-22)17-19-16(21-24-17)11-1-2-11/h3-7,11,15H,1-2,8-9H2/t15-/m1/s1. The molecule has 3 heterocycles. The first-order chi connectivity index (χ1) is 11.8. The highest BCUT2D eigenvalue weighted by molar-refractivity contribution is 5.47. The van der Waals surface area contributed by atoms with Crippen LogP contribution < -0.4 is 0 Å². The molecule has 0 amide bonds. The lowest BCUT2D eigenvalue weighted by molar-refractivity contribution is -0.00116. The van der Waals surface area contributed by atoms with Gasteiger partial charge in [0.1, 0.15) is 11.9 Å². The molecule has 7 heteroatoms. The second-order valence-electron chi connectivity index (χ2n) is 6.29. The summed E-state index contributed by atoms with van der Waals surface area (Å²) in [6, 6.07) is 8.30. The summed E-state index contributed by atoms with van der Waals surface area (Å²) in [5.74, 6) is 1.43. The van der Waals surface area contributed by atoms with Crippen molar-refractivity contribution in [1.82, 2.24) is 19.9 Å². The van der Waals surface area contributed by atoms with Crippen LogP contribution in [0.25, 0.3) is 11.6 Å². The molecular weight excluding hydrogens is 311 g/mol. The van der Waals surface area contributed by atoms with Gasteiger partial charge in [-0.25, -0.2) is 4.39 Å². The largest absolute Gasteiger partial charge is 0.365 e. The fraction of sp³-hybridized carbons (Fsp3) is 0.353. The van der Waals surface area contributed by atoms with Gasteiger partial charge in [-0.1, -0.05) is 17.3 Å². The Morgan fingerprint density at radius 2 is 2.00 bits per heavy atom. The van der Waals surface area contributed by atoms with Gasteiger partial charge in [0.2, 0.25) is 0 Å². The molecule has 0 radical (unpaired) electrons. The van der Waals surface area contributed by atoms with E-state index in [4.69, 9.17) is 9.26 Å². The fourth-order valence-corrected chi connectivity index (χ4v) is 2.96. The van der Waals surface area contributed by atoms with E-state index in [9.17, 15) is 4.39 Å². The molecule has 1 fully saturated rings. The van der Waals surface area contributed by atoms with Crippen molar-refractivity contribution < 1.29 is 13.7 Å². The molecule has 1 atom stereocenters. The molecular formula is C17H15FN4O2. The maximum atomic E-state index is 13.1. The number of fused-ring (bicyclic) bond motifs is 1. The Hall–Kier alpha value is -2.54. The zero-order chi connectivity index (χ0) is 16.1. The number of hydrogen-bond donors (Lipinski definition) is 0. The topological polar surface area (TPSA) is 66.0 Å². The van der Waals surface area contributed by atoms with Crippen LogP contribution in [0.2, 0.25) is 0 Å². The predicted octanol–water partition coefficient (Wildman–Crippen LogP) is 3.22. The van der Waals surface area contributed by atoms with E-state index in [1.54, 1.807) is 12.1 Å². The minimum absolute atomic E-state index is 0.143. The Morgan fingerprint density at radius 3 is 2.79 bits per heavy atom. The minimum Gasteiger partial charge on any atom is -0.365 e. The molecule has 0 spiro atoms. The van der Waals surface area contributed by atoms with E-state index < -0.39 is 0 Å². The minimum atomic E-state index is -0.250. The molecule has 6 nitrogen and oxygen atoms in total. The van der Waals surface area contributed by atoms with Crippen LogP contribution in [0.15, 0.2) is 34.9 Å². The molecule has 122 valence electrons. The third-order valence-corrected chi connectivity index (χ3v) is 4.48. The summed E-state index contributed by atoms with van der Waals surface area (Å²) in [4.78, 5) is 4.44.